The lowest BCUT2D eigenvalue weighted by molar-refractivity contribution is 0.0902. The lowest BCUT2D eigenvalue weighted by Crippen LogP contribution is -2.47. The van der Waals surface area contributed by atoms with Crippen LogP contribution in [0.1, 0.15) is 59.8 Å². The molecule has 17 heavy (non-hydrogen) atoms. The maximum absolute atomic E-state index is 3.55. The molecule has 0 amide bonds. The molecule has 1 fully saturated rings. The van der Waals surface area contributed by atoms with Gasteiger partial charge in [-0.05, 0) is 44.7 Å². The second-order valence-corrected chi connectivity index (χ2v) is 6.16. The van der Waals surface area contributed by atoms with E-state index in [1.54, 1.807) is 0 Å². The fourth-order valence-electron chi connectivity index (χ4n) is 3.14. The molecule has 2 heteroatoms. The highest BCUT2D eigenvalue weighted by molar-refractivity contribution is 4.84. The molecular weight excluding hydrogens is 208 g/mol. The first-order chi connectivity index (χ1) is 8.11. The van der Waals surface area contributed by atoms with Gasteiger partial charge in [-0.25, -0.2) is 0 Å². The van der Waals surface area contributed by atoms with Gasteiger partial charge in [0.2, 0.25) is 0 Å². The highest BCUT2D eigenvalue weighted by Crippen LogP contribution is 2.27. The first-order valence-electron chi connectivity index (χ1n) is 7.56. The normalized spacial score (nSPS) is 25.8. The number of nitrogens with one attached hydrogen (secondary N) is 1. The Labute approximate surface area is 108 Å². The minimum absolute atomic E-state index is 0.455. The van der Waals surface area contributed by atoms with Crippen molar-refractivity contribution in [1.29, 1.82) is 0 Å². The van der Waals surface area contributed by atoms with Crippen LogP contribution < -0.4 is 5.32 Å². The monoisotopic (exact) mass is 240 g/mol. The van der Waals surface area contributed by atoms with Crippen molar-refractivity contribution in [2.45, 2.75) is 65.8 Å². The summed E-state index contributed by atoms with van der Waals surface area (Å²) in [7, 11) is 0. The molecule has 2 atom stereocenters. The van der Waals surface area contributed by atoms with E-state index in [0.29, 0.717) is 5.41 Å². The van der Waals surface area contributed by atoms with E-state index in [1.807, 2.05) is 0 Å². The summed E-state index contributed by atoms with van der Waals surface area (Å²) in [5.74, 6) is 0. The van der Waals surface area contributed by atoms with Gasteiger partial charge >= 0.3 is 0 Å². The van der Waals surface area contributed by atoms with E-state index >= 15 is 0 Å². The van der Waals surface area contributed by atoms with E-state index < -0.39 is 0 Å². The summed E-state index contributed by atoms with van der Waals surface area (Å²) in [4.78, 5) is 2.72. The molecule has 0 aliphatic carbocycles. The molecule has 2 unspecified atom stereocenters. The summed E-state index contributed by atoms with van der Waals surface area (Å²) in [5, 5.41) is 3.55. The number of likely N-dealkylation sites (tertiary alicyclic amines) is 1. The number of hydrogen-bond acceptors (Lipinski definition) is 2. The van der Waals surface area contributed by atoms with Crippen molar-refractivity contribution < 1.29 is 0 Å². The summed E-state index contributed by atoms with van der Waals surface area (Å²) in [5.41, 5.74) is 0.455. The average Bonchev–Trinajstić information content (AvgIpc) is 2.30. The van der Waals surface area contributed by atoms with Gasteiger partial charge in [0.15, 0.2) is 0 Å². The quantitative estimate of drug-likeness (QED) is 0.735. The molecule has 1 rings (SSSR count). The second-order valence-electron chi connectivity index (χ2n) is 6.16. The van der Waals surface area contributed by atoms with Gasteiger partial charge in [-0.1, -0.05) is 33.6 Å². The van der Waals surface area contributed by atoms with Gasteiger partial charge in [-0.3, -0.25) is 0 Å². The van der Waals surface area contributed by atoms with Gasteiger partial charge in [-0.2, -0.15) is 0 Å². The second kappa shape index (κ2) is 7.38. The summed E-state index contributed by atoms with van der Waals surface area (Å²) >= 11 is 0. The third-order valence-corrected chi connectivity index (χ3v) is 4.18. The summed E-state index contributed by atoms with van der Waals surface area (Å²) in [6.07, 6.45) is 6.85. The van der Waals surface area contributed by atoms with Crippen molar-refractivity contribution in [1.82, 2.24) is 10.2 Å². The predicted octanol–water partition coefficient (Wildman–Crippen LogP) is 3.28. The van der Waals surface area contributed by atoms with Crippen LogP contribution in [0.5, 0.6) is 0 Å². The Morgan fingerprint density at radius 3 is 2.65 bits per heavy atom. The maximum Gasteiger partial charge on any atom is 0.00671 e. The molecule has 0 radical (unpaired) electrons. The minimum Gasteiger partial charge on any atom is -0.316 e. The van der Waals surface area contributed by atoms with Crippen molar-refractivity contribution >= 4 is 0 Å². The molecule has 1 saturated heterocycles. The van der Waals surface area contributed by atoms with Crippen LogP contribution in [0.25, 0.3) is 0 Å². The van der Waals surface area contributed by atoms with Crippen LogP contribution in [-0.2, 0) is 0 Å². The summed E-state index contributed by atoms with van der Waals surface area (Å²) in [6, 6.07) is 0.793. The summed E-state index contributed by atoms with van der Waals surface area (Å²) in [6.45, 7) is 14.2. The minimum atomic E-state index is 0.455. The smallest absolute Gasteiger partial charge is 0.00671 e. The molecule has 0 aromatic carbocycles. The van der Waals surface area contributed by atoms with Gasteiger partial charge in [0.05, 0.1) is 0 Å². The van der Waals surface area contributed by atoms with Gasteiger partial charge in [-0.15, -0.1) is 0 Å². The largest absolute Gasteiger partial charge is 0.316 e. The van der Waals surface area contributed by atoms with Crippen LogP contribution in [-0.4, -0.2) is 37.1 Å². The molecule has 0 bridgehead atoms. The summed E-state index contributed by atoms with van der Waals surface area (Å²) < 4.78 is 0. The van der Waals surface area contributed by atoms with Gasteiger partial charge < -0.3 is 10.2 Å². The molecule has 0 spiro atoms. The lowest BCUT2D eigenvalue weighted by atomic mass is 9.83. The molecule has 1 heterocycles. The Balaban J connectivity index is 2.51. The van der Waals surface area contributed by atoms with Crippen molar-refractivity contribution in [2.75, 3.05) is 26.2 Å². The molecule has 1 aliphatic rings. The number of piperidine rings is 1. The van der Waals surface area contributed by atoms with Crippen molar-refractivity contribution in [3.63, 3.8) is 0 Å². The highest BCUT2D eigenvalue weighted by Gasteiger charge is 2.29. The van der Waals surface area contributed by atoms with Gasteiger partial charge in [0.1, 0.15) is 0 Å². The fourth-order valence-corrected chi connectivity index (χ4v) is 3.14. The van der Waals surface area contributed by atoms with Crippen LogP contribution in [0.2, 0.25) is 0 Å². The third kappa shape index (κ3) is 4.97. The molecule has 102 valence electrons. The van der Waals surface area contributed by atoms with E-state index in [9.17, 15) is 0 Å². The number of nitrogens with zero attached hydrogens (tertiary/aromatic N) is 1. The first kappa shape index (κ1) is 15.0. The van der Waals surface area contributed by atoms with Crippen LogP contribution in [0.4, 0.5) is 0 Å². The van der Waals surface area contributed by atoms with E-state index in [0.717, 1.165) is 12.6 Å². The Hall–Kier alpha value is -0.0800. The van der Waals surface area contributed by atoms with Gasteiger partial charge in [0, 0.05) is 19.1 Å². The topological polar surface area (TPSA) is 15.3 Å². The zero-order valence-corrected chi connectivity index (χ0v) is 12.4. The first-order valence-corrected chi connectivity index (χ1v) is 7.56. The van der Waals surface area contributed by atoms with Crippen molar-refractivity contribution in [3.05, 3.63) is 0 Å². The van der Waals surface area contributed by atoms with E-state index in [-0.39, 0.29) is 0 Å². The standard InChI is InChI=1S/C15H32N2/c1-5-10-15(4,12-16-6-2)13-17-11-8-7-9-14(17)3/h14,16H,5-13H2,1-4H3. The van der Waals surface area contributed by atoms with Crippen LogP contribution >= 0.6 is 0 Å². The molecule has 0 saturated carbocycles. The molecule has 1 N–H and O–H groups in total. The van der Waals surface area contributed by atoms with Crippen molar-refractivity contribution in [3.8, 4) is 0 Å². The fraction of sp³-hybridized carbons (Fsp3) is 1.00. The third-order valence-electron chi connectivity index (χ3n) is 4.18. The van der Waals surface area contributed by atoms with Crippen LogP contribution in [0, 0.1) is 5.41 Å². The van der Waals surface area contributed by atoms with E-state index in [4.69, 9.17) is 0 Å². The molecule has 0 aromatic rings. The average molecular weight is 240 g/mol. The van der Waals surface area contributed by atoms with Gasteiger partial charge in [0.25, 0.3) is 0 Å². The maximum atomic E-state index is 3.55. The van der Waals surface area contributed by atoms with Crippen LogP contribution in [0.15, 0.2) is 0 Å². The molecule has 2 nitrogen and oxygen atoms in total. The van der Waals surface area contributed by atoms with E-state index in [1.165, 1.54) is 51.7 Å². The zero-order chi connectivity index (χ0) is 12.7. The molecule has 1 aliphatic heterocycles. The number of rotatable bonds is 7. The Kier molecular flexibility index (Phi) is 6.50. The Morgan fingerprint density at radius 2 is 2.06 bits per heavy atom. The van der Waals surface area contributed by atoms with E-state index in [2.05, 4.69) is 37.9 Å². The zero-order valence-electron chi connectivity index (χ0n) is 12.4. The van der Waals surface area contributed by atoms with Crippen molar-refractivity contribution in [2.24, 2.45) is 5.41 Å². The molecular formula is C15H32N2. The number of hydrogen-bond donors (Lipinski definition) is 1. The molecule has 0 aromatic heterocycles. The Bertz CT molecular complexity index is 205. The highest BCUT2D eigenvalue weighted by atomic mass is 15.2. The van der Waals surface area contributed by atoms with Crippen LogP contribution in [0.3, 0.4) is 0 Å². The SMILES string of the molecule is CCCC(C)(CNCC)CN1CCCCC1C. The predicted molar refractivity (Wildman–Crippen MR) is 76.4 cm³/mol. The lowest BCUT2D eigenvalue weighted by Gasteiger charge is -2.41. The Morgan fingerprint density at radius 1 is 1.29 bits per heavy atom.